The van der Waals surface area contributed by atoms with Crippen LogP contribution in [-0.2, 0) is 4.79 Å². The monoisotopic (exact) mass is 324 g/mol. The Morgan fingerprint density at radius 3 is 2.87 bits per heavy atom. The maximum Gasteiger partial charge on any atom is 0.387 e. The Morgan fingerprint density at radius 2 is 2.13 bits per heavy atom. The zero-order chi connectivity index (χ0) is 16.4. The Hall–Kier alpha value is -1.69. The van der Waals surface area contributed by atoms with Crippen LogP contribution in [0.3, 0.4) is 0 Å². The minimum atomic E-state index is -2.88. The number of rotatable bonds is 4. The molecule has 126 valence electrons. The van der Waals surface area contributed by atoms with Crippen molar-refractivity contribution >= 4 is 11.6 Å². The van der Waals surface area contributed by atoms with E-state index < -0.39 is 6.61 Å². The van der Waals surface area contributed by atoms with Crippen molar-refractivity contribution in [1.82, 2.24) is 5.32 Å². The molecule has 2 aliphatic rings. The Morgan fingerprint density at radius 1 is 1.35 bits per heavy atom. The molecule has 1 saturated carbocycles. The van der Waals surface area contributed by atoms with E-state index in [1.807, 2.05) is 0 Å². The number of aryl methyl sites for hydroxylation is 1. The molecule has 1 aliphatic carbocycles. The predicted octanol–water partition coefficient (Wildman–Crippen LogP) is 3.46. The molecule has 4 nitrogen and oxygen atoms in total. The van der Waals surface area contributed by atoms with Crippen molar-refractivity contribution in [3.8, 4) is 5.75 Å². The van der Waals surface area contributed by atoms with Crippen molar-refractivity contribution in [2.45, 2.75) is 57.7 Å². The highest BCUT2D eigenvalue weighted by atomic mass is 19.3. The van der Waals surface area contributed by atoms with Gasteiger partial charge in [0.05, 0.1) is 6.04 Å². The Labute approximate surface area is 134 Å². The van der Waals surface area contributed by atoms with Gasteiger partial charge in [-0.3, -0.25) is 4.79 Å². The van der Waals surface area contributed by atoms with Crippen LogP contribution in [0.1, 0.15) is 37.7 Å². The van der Waals surface area contributed by atoms with Gasteiger partial charge in [-0.15, -0.1) is 0 Å². The third-order valence-corrected chi connectivity index (χ3v) is 4.85. The lowest BCUT2D eigenvalue weighted by Gasteiger charge is -2.24. The van der Waals surface area contributed by atoms with E-state index in [0.29, 0.717) is 23.2 Å². The second-order valence-electron chi connectivity index (χ2n) is 6.45. The number of hydrogen-bond acceptors (Lipinski definition) is 3. The van der Waals surface area contributed by atoms with E-state index in [4.69, 9.17) is 0 Å². The number of benzene rings is 1. The number of nitrogens with one attached hydrogen (secondary N) is 2. The topological polar surface area (TPSA) is 50.4 Å². The summed E-state index contributed by atoms with van der Waals surface area (Å²) in [4.78, 5) is 12.4. The van der Waals surface area contributed by atoms with E-state index >= 15 is 0 Å². The van der Waals surface area contributed by atoms with Crippen molar-refractivity contribution in [1.29, 1.82) is 0 Å². The van der Waals surface area contributed by atoms with E-state index in [1.54, 1.807) is 19.1 Å². The van der Waals surface area contributed by atoms with Crippen LogP contribution in [0.5, 0.6) is 5.75 Å². The fraction of sp³-hybridized carbons (Fsp3) is 0.588. The lowest BCUT2D eigenvalue weighted by atomic mass is 9.85. The van der Waals surface area contributed by atoms with Crippen LogP contribution >= 0.6 is 0 Å². The van der Waals surface area contributed by atoms with Gasteiger partial charge in [-0.1, -0.05) is 18.9 Å². The van der Waals surface area contributed by atoms with Gasteiger partial charge >= 0.3 is 6.61 Å². The number of fused-ring (bicyclic) bond motifs is 1. The number of hydrogen-bond donors (Lipinski definition) is 2. The molecular formula is C17H22F2N2O2. The second kappa shape index (κ2) is 6.83. The second-order valence-corrected chi connectivity index (χ2v) is 6.45. The van der Waals surface area contributed by atoms with Crippen molar-refractivity contribution in [3.05, 3.63) is 23.8 Å². The molecule has 2 fully saturated rings. The van der Waals surface area contributed by atoms with Crippen LogP contribution in [0.4, 0.5) is 14.5 Å². The molecule has 3 rings (SSSR count). The molecule has 0 aromatic heterocycles. The first-order valence-corrected chi connectivity index (χ1v) is 8.15. The highest BCUT2D eigenvalue weighted by molar-refractivity contribution is 5.95. The normalized spacial score (nSPS) is 26.9. The average Bonchev–Trinajstić information content (AvgIpc) is 2.94. The number of carbonyl (C=O) groups is 1. The Kier molecular flexibility index (Phi) is 4.80. The summed E-state index contributed by atoms with van der Waals surface area (Å²) >= 11 is 0. The fourth-order valence-corrected chi connectivity index (χ4v) is 3.65. The maximum atomic E-state index is 12.4. The molecule has 3 atom stereocenters. The van der Waals surface area contributed by atoms with E-state index in [1.165, 1.54) is 25.3 Å². The van der Waals surface area contributed by atoms with Crippen molar-refractivity contribution in [2.75, 3.05) is 5.32 Å². The van der Waals surface area contributed by atoms with Gasteiger partial charge in [0.2, 0.25) is 5.91 Å². The first-order chi connectivity index (χ1) is 11.0. The molecule has 23 heavy (non-hydrogen) atoms. The summed E-state index contributed by atoms with van der Waals surface area (Å²) in [6.45, 7) is -1.19. The lowest BCUT2D eigenvalue weighted by molar-refractivity contribution is -0.117. The van der Waals surface area contributed by atoms with E-state index in [9.17, 15) is 13.6 Å². The molecule has 6 heteroatoms. The minimum absolute atomic E-state index is 0.0888. The highest BCUT2D eigenvalue weighted by Gasteiger charge is 2.38. The largest absolute Gasteiger partial charge is 0.434 e. The van der Waals surface area contributed by atoms with Crippen LogP contribution in [0.2, 0.25) is 0 Å². The summed E-state index contributed by atoms with van der Waals surface area (Å²) < 4.78 is 29.3. The Bertz CT molecular complexity index is 566. The zero-order valence-corrected chi connectivity index (χ0v) is 13.1. The number of carbonyl (C=O) groups excluding carboxylic acids is 1. The number of ether oxygens (including phenoxy) is 1. The molecule has 0 bridgehead atoms. The number of alkyl halides is 2. The molecule has 1 heterocycles. The molecule has 1 saturated heterocycles. The molecule has 0 radical (unpaired) electrons. The SMILES string of the molecule is Cc1ccc(NC(=O)C2CC3CCCCC3N2)cc1OC(F)F. The highest BCUT2D eigenvalue weighted by Crippen LogP contribution is 2.33. The van der Waals surface area contributed by atoms with Gasteiger partial charge in [0.25, 0.3) is 0 Å². The van der Waals surface area contributed by atoms with Crippen molar-refractivity contribution in [3.63, 3.8) is 0 Å². The van der Waals surface area contributed by atoms with Crippen LogP contribution in [0, 0.1) is 12.8 Å². The third kappa shape index (κ3) is 3.80. The van der Waals surface area contributed by atoms with Crippen molar-refractivity contribution < 1.29 is 18.3 Å². The van der Waals surface area contributed by atoms with Gasteiger partial charge in [-0.25, -0.2) is 0 Å². The minimum Gasteiger partial charge on any atom is -0.434 e. The maximum absolute atomic E-state index is 12.4. The lowest BCUT2D eigenvalue weighted by Crippen LogP contribution is -2.39. The van der Waals surface area contributed by atoms with Gasteiger partial charge in [0.1, 0.15) is 5.75 Å². The Balaban J connectivity index is 1.64. The van der Waals surface area contributed by atoms with Gasteiger partial charge in [-0.05, 0) is 43.7 Å². The number of halogens is 2. The first kappa shape index (κ1) is 16.2. The van der Waals surface area contributed by atoms with Crippen LogP contribution in [0.25, 0.3) is 0 Å². The van der Waals surface area contributed by atoms with E-state index in [-0.39, 0.29) is 17.7 Å². The number of amides is 1. The zero-order valence-electron chi connectivity index (χ0n) is 13.1. The molecule has 1 aromatic carbocycles. The van der Waals surface area contributed by atoms with E-state index in [0.717, 1.165) is 12.8 Å². The average molecular weight is 324 g/mol. The predicted molar refractivity (Wildman–Crippen MR) is 83.7 cm³/mol. The van der Waals surface area contributed by atoms with Gasteiger partial charge < -0.3 is 15.4 Å². The van der Waals surface area contributed by atoms with Crippen LogP contribution in [-0.4, -0.2) is 24.6 Å². The van der Waals surface area contributed by atoms with Crippen LogP contribution in [0.15, 0.2) is 18.2 Å². The molecule has 2 N–H and O–H groups in total. The summed E-state index contributed by atoms with van der Waals surface area (Å²) in [7, 11) is 0. The summed E-state index contributed by atoms with van der Waals surface area (Å²) in [6.07, 6.45) is 5.62. The molecule has 3 unspecified atom stereocenters. The quantitative estimate of drug-likeness (QED) is 0.892. The summed E-state index contributed by atoms with van der Waals surface area (Å²) in [5.74, 6) is 0.562. The molecule has 1 aromatic rings. The van der Waals surface area contributed by atoms with Gasteiger partial charge in [0, 0.05) is 17.8 Å². The molecular weight excluding hydrogens is 302 g/mol. The summed E-state index contributed by atoms with van der Waals surface area (Å²) in [5.41, 5.74) is 1.08. The third-order valence-electron chi connectivity index (χ3n) is 4.85. The van der Waals surface area contributed by atoms with Gasteiger partial charge in [0.15, 0.2) is 0 Å². The molecule has 0 spiro atoms. The summed E-state index contributed by atoms with van der Waals surface area (Å²) in [6, 6.07) is 5.04. The standard InChI is InChI=1S/C17H22F2N2O2/c1-10-6-7-12(9-15(10)23-17(18)19)20-16(22)14-8-11-4-2-3-5-13(11)21-14/h6-7,9,11,13-14,17,21H,2-5,8H2,1H3,(H,20,22). The summed E-state index contributed by atoms with van der Waals surface area (Å²) in [5, 5.41) is 6.22. The number of anilines is 1. The van der Waals surface area contributed by atoms with E-state index in [2.05, 4.69) is 15.4 Å². The molecule has 1 amide bonds. The smallest absolute Gasteiger partial charge is 0.387 e. The van der Waals surface area contributed by atoms with Crippen molar-refractivity contribution in [2.24, 2.45) is 5.92 Å². The molecule has 1 aliphatic heterocycles. The van der Waals surface area contributed by atoms with Gasteiger partial charge in [-0.2, -0.15) is 8.78 Å². The first-order valence-electron chi connectivity index (χ1n) is 8.15. The fourth-order valence-electron chi connectivity index (χ4n) is 3.65. The van der Waals surface area contributed by atoms with Crippen LogP contribution < -0.4 is 15.4 Å².